The average Bonchev–Trinajstić information content (AvgIpc) is 2.18. The molecule has 0 amide bonds. The first-order chi connectivity index (χ1) is 6.65. The van der Waals surface area contributed by atoms with Crippen LogP contribution in [0.2, 0.25) is 0 Å². The summed E-state index contributed by atoms with van der Waals surface area (Å²) in [6.07, 6.45) is -0.954. The molecule has 1 aromatic carbocycles. The Morgan fingerprint density at radius 2 is 2.21 bits per heavy atom. The summed E-state index contributed by atoms with van der Waals surface area (Å²) in [7, 11) is 0. The number of carboxylic acid groups (broad SMARTS) is 1. The Morgan fingerprint density at radius 1 is 1.57 bits per heavy atom. The van der Waals surface area contributed by atoms with Gasteiger partial charge in [-0.25, -0.2) is 4.79 Å². The molecule has 0 bridgehead atoms. The summed E-state index contributed by atoms with van der Waals surface area (Å²) >= 11 is 0. The molecule has 0 aliphatic carbocycles. The van der Waals surface area contributed by atoms with E-state index in [0.29, 0.717) is 11.3 Å². The molecule has 0 unspecified atom stereocenters. The number of aliphatic carboxylic acids is 1. The van der Waals surface area contributed by atoms with Crippen LogP contribution >= 0.6 is 0 Å². The van der Waals surface area contributed by atoms with Crippen molar-refractivity contribution in [1.29, 1.82) is 5.26 Å². The van der Waals surface area contributed by atoms with Gasteiger partial charge in [0.15, 0.2) is 6.10 Å². The number of carboxylic acids is 1. The summed E-state index contributed by atoms with van der Waals surface area (Å²) in [4.78, 5) is 10.5. The van der Waals surface area contributed by atoms with Crippen molar-refractivity contribution in [3.05, 3.63) is 29.8 Å². The van der Waals surface area contributed by atoms with Crippen molar-refractivity contribution in [2.24, 2.45) is 0 Å². The van der Waals surface area contributed by atoms with Crippen molar-refractivity contribution in [2.45, 2.75) is 13.0 Å². The number of nitriles is 1. The summed E-state index contributed by atoms with van der Waals surface area (Å²) in [5, 5.41) is 17.3. The maximum absolute atomic E-state index is 10.5. The lowest BCUT2D eigenvalue weighted by molar-refractivity contribution is -0.144. The zero-order valence-electron chi connectivity index (χ0n) is 7.60. The topological polar surface area (TPSA) is 70.3 Å². The third kappa shape index (κ3) is 2.23. The fourth-order valence-corrected chi connectivity index (χ4v) is 0.903. The van der Waals surface area contributed by atoms with Gasteiger partial charge in [0.25, 0.3) is 0 Å². The first-order valence-electron chi connectivity index (χ1n) is 4.03. The molecule has 1 rings (SSSR count). The first-order valence-corrected chi connectivity index (χ1v) is 4.03. The quantitative estimate of drug-likeness (QED) is 0.784. The Kier molecular flexibility index (Phi) is 3.08. The molecule has 0 aliphatic rings. The smallest absolute Gasteiger partial charge is 0.344 e. The molecule has 0 saturated heterocycles. The predicted octanol–water partition coefficient (Wildman–Crippen LogP) is 1.41. The Bertz CT molecular complexity index is 381. The number of ether oxygens (including phenoxy) is 1. The Balaban J connectivity index is 2.87. The van der Waals surface area contributed by atoms with E-state index in [2.05, 4.69) is 0 Å². The third-order valence-electron chi connectivity index (χ3n) is 1.66. The fraction of sp³-hybridized carbons (Fsp3) is 0.200. The van der Waals surface area contributed by atoms with Gasteiger partial charge in [0.05, 0.1) is 5.56 Å². The van der Waals surface area contributed by atoms with Crippen molar-refractivity contribution >= 4 is 5.97 Å². The molecule has 1 aromatic rings. The van der Waals surface area contributed by atoms with E-state index in [4.69, 9.17) is 15.1 Å². The number of benzene rings is 1. The molecule has 0 heterocycles. The molecule has 0 aromatic heterocycles. The molecule has 0 aliphatic heterocycles. The van der Waals surface area contributed by atoms with E-state index in [1.165, 1.54) is 6.92 Å². The van der Waals surface area contributed by atoms with E-state index in [-0.39, 0.29) is 0 Å². The van der Waals surface area contributed by atoms with Gasteiger partial charge in [-0.15, -0.1) is 0 Å². The van der Waals surface area contributed by atoms with Crippen molar-refractivity contribution in [1.82, 2.24) is 0 Å². The Morgan fingerprint density at radius 3 is 2.79 bits per heavy atom. The second kappa shape index (κ2) is 4.28. The van der Waals surface area contributed by atoms with Crippen LogP contribution in [0.25, 0.3) is 0 Å². The predicted molar refractivity (Wildman–Crippen MR) is 48.9 cm³/mol. The molecular weight excluding hydrogens is 182 g/mol. The highest BCUT2D eigenvalue weighted by Crippen LogP contribution is 2.17. The van der Waals surface area contributed by atoms with E-state index >= 15 is 0 Å². The Labute approximate surface area is 81.4 Å². The van der Waals surface area contributed by atoms with Crippen molar-refractivity contribution in [3.8, 4) is 11.8 Å². The van der Waals surface area contributed by atoms with E-state index < -0.39 is 12.1 Å². The van der Waals surface area contributed by atoms with Crippen molar-refractivity contribution in [3.63, 3.8) is 0 Å². The minimum absolute atomic E-state index is 0.296. The third-order valence-corrected chi connectivity index (χ3v) is 1.66. The van der Waals surface area contributed by atoms with E-state index in [1.54, 1.807) is 24.3 Å². The molecule has 14 heavy (non-hydrogen) atoms. The van der Waals surface area contributed by atoms with Crippen molar-refractivity contribution in [2.75, 3.05) is 0 Å². The number of rotatable bonds is 3. The number of para-hydroxylation sites is 1. The van der Waals surface area contributed by atoms with Crippen LogP contribution in [0.4, 0.5) is 0 Å². The van der Waals surface area contributed by atoms with Crippen LogP contribution in [0.5, 0.6) is 5.75 Å². The highest BCUT2D eigenvalue weighted by Gasteiger charge is 2.13. The van der Waals surface area contributed by atoms with Crippen LogP contribution in [0.15, 0.2) is 24.3 Å². The molecule has 0 saturated carbocycles. The summed E-state index contributed by atoms with van der Waals surface area (Å²) < 4.78 is 5.08. The number of hydrogen-bond acceptors (Lipinski definition) is 3. The van der Waals surface area contributed by atoms with Crippen LogP contribution in [-0.2, 0) is 4.79 Å². The van der Waals surface area contributed by atoms with Crippen molar-refractivity contribution < 1.29 is 14.6 Å². The minimum Gasteiger partial charge on any atom is -0.479 e. The molecule has 1 atom stereocenters. The number of carbonyl (C=O) groups is 1. The molecule has 4 heteroatoms. The van der Waals surface area contributed by atoms with Crippen LogP contribution < -0.4 is 4.74 Å². The molecule has 0 fully saturated rings. The summed E-state index contributed by atoms with van der Waals surface area (Å²) in [5.41, 5.74) is 0.334. The largest absolute Gasteiger partial charge is 0.479 e. The molecule has 0 radical (unpaired) electrons. The average molecular weight is 191 g/mol. The minimum atomic E-state index is -1.06. The normalized spacial score (nSPS) is 11.4. The Hall–Kier alpha value is -2.02. The number of nitrogens with zero attached hydrogens (tertiary/aromatic N) is 1. The first kappa shape index (κ1) is 10.1. The molecule has 0 spiro atoms. The zero-order chi connectivity index (χ0) is 10.6. The van der Waals surface area contributed by atoms with Crippen LogP contribution in [-0.4, -0.2) is 17.2 Å². The van der Waals surface area contributed by atoms with E-state index in [1.807, 2.05) is 6.07 Å². The SMILES string of the molecule is C[C@@H](Oc1ccccc1C#N)C(=O)O. The fourth-order valence-electron chi connectivity index (χ4n) is 0.903. The molecule has 72 valence electrons. The molecule has 1 N–H and O–H groups in total. The van der Waals surface area contributed by atoms with Gasteiger partial charge in [0.1, 0.15) is 11.8 Å². The van der Waals surface area contributed by atoms with Gasteiger partial charge >= 0.3 is 5.97 Å². The summed E-state index contributed by atoms with van der Waals surface area (Å²) in [5.74, 6) is -0.761. The van der Waals surface area contributed by atoms with Gasteiger partial charge in [-0.05, 0) is 19.1 Å². The summed E-state index contributed by atoms with van der Waals surface area (Å²) in [6.45, 7) is 1.41. The zero-order valence-corrected chi connectivity index (χ0v) is 7.60. The molecule has 4 nitrogen and oxygen atoms in total. The van der Waals surface area contributed by atoms with Gasteiger partial charge in [0.2, 0.25) is 0 Å². The second-order valence-electron chi connectivity index (χ2n) is 2.71. The van der Waals surface area contributed by atoms with Gasteiger partial charge in [-0.2, -0.15) is 5.26 Å². The lowest BCUT2D eigenvalue weighted by atomic mass is 10.2. The maximum Gasteiger partial charge on any atom is 0.344 e. The van der Waals surface area contributed by atoms with Gasteiger partial charge in [-0.3, -0.25) is 0 Å². The lowest BCUT2D eigenvalue weighted by Crippen LogP contribution is -2.23. The maximum atomic E-state index is 10.5. The standard InChI is InChI=1S/C10H9NO3/c1-7(10(12)13)14-9-5-3-2-4-8(9)6-11/h2-5,7H,1H3,(H,12,13)/t7-/m1/s1. The van der Waals surface area contributed by atoms with Gasteiger partial charge in [-0.1, -0.05) is 12.1 Å². The van der Waals surface area contributed by atoms with Crippen LogP contribution in [0.1, 0.15) is 12.5 Å². The van der Waals surface area contributed by atoms with Crippen LogP contribution in [0.3, 0.4) is 0 Å². The van der Waals surface area contributed by atoms with Crippen LogP contribution in [0, 0.1) is 11.3 Å². The van der Waals surface area contributed by atoms with Gasteiger partial charge < -0.3 is 9.84 Å². The second-order valence-corrected chi connectivity index (χ2v) is 2.71. The highest BCUT2D eigenvalue weighted by atomic mass is 16.5. The number of hydrogen-bond donors (Lipinski definition) is 1. The summed E-state index contributed by atoms with van der Waals surface area (Å²) in [6, 6.07) is 8.44. The monoisotopic (exact) mass is 191 g/mol. The molecular formula is C10H9NO3. The lowest BCUT2D eigenvalue weighted by Gasteiger charge is -2.10. The highest BCUT2D eigenvalue weighted by molar-refractivity contribution is 5.72. The van der Waals surface area contributed by atoms with E-state index in [0.717, 1.165) is 0 Å². The van der Waals surface area contributed by atoms with Gasteiger partial charge in [0, 0.05) is 0 Å². The van der Waals surface area contributed by atoms with E-state index in [9.17, 15) is 4.79 Å².